The Bertz CT molecular complexity index is 1060. The number of halogens is 4. The fraction of sp³-hybridized carbons (Fsp3) is 0.591. The molecule has 2 atom stereocenters. The smallest absolute Gasteiger partial charge is 0.420 e. The Balaban J connectivity index is 1.37. The van der Waals surface area contributed by atoms with E-state index in [0.29, 0.717) is 38.2 Å². The van der Waals surface area contributed by atoms with E-state index in [-0.39, 0.29) is 35.3 Å². The molecule has 2 aromatic rings. The van der Waals surface area contributed by atoms with Crippen LogP contribution in [0.25, 0.3) is 0 Å². The Morgan fingerprint density at radius 1 is 1.27 bits per heavy atom. The number of rotatable bonds is 4. The molecule has 11 heteroatoms. The molecule has 2 N–H and O–H groups in total. The van der Waals surface area contributed by atoms with Crippen molar-refractivity contribution in [3.8, 4) is 6.01 Å². The third-order valence-electron chi connectivity index (χ3n) is 6.95. The predicted molar refractivity (Wildman–Crippen MR) is 114 cm³/mol. The zero-order valence-corrected chi connectivity index (χ0v) is 18.3. The number of ether oxygens (including phenoxy) is 1. The fourth-order valence-electron chi connectivity index (χ4n) is 5.44. The highest BCUT2D eigenvalue weighted by molar-refractivity contribution is 5.58. The Hall–Kier alpha value is -2.69. The number of fused-ring (bicyclic) bond motifs is 2. The highest BCUT2D eigenvalue weighted by Gasteiger charge is 2.49. The quantitative estimate of drug-likeness (QED) is 0.693. The third-order valence-corrected chi connectivity index (χ3v) is 6.95. The number of pyridine rings is 1. The van der Waals surface area contributed by atoms with Crippen molar-refractivity contribution in [2.45, 2.75) is 57.0 Å². The number of aryl methyl sites for hydroxylation is 1. The second-order valence-electron chi connectivity index (χ2n) is 9.22. The SMILES string of the molecule is Cc1cc(N)nc(N2CCc3cnc(OC[C@@]45CCCN4C[C@H](F)C5)nc3C2)c1C(F)(F)F. The summed E-state index contributed by atoms with van der Waals surface area (Å²) in [5, 5.41) is 0. The number of alkyl halides is 4. The fourth-order valence-corrected chi connectivity index (χ4v) is 5.44. The zero-order chi connectivity index (χ0) is 23.4. The average molecular weight is 466 g/mol. The predicted octanol–water partition coefficient (Wildman–Crippen LogP) is 3.30. The molecule has 0 spiro atoms. The van der Waals surface area contributed by atoms with Crippen molar-refractivity contribution in [1.29, 1.82) is 0 Å². The van der Waals surface area contributed by atoms with Gasteiger partial charge in [-0.1, -0.05) is 0 Å². The van der Waals surface area contributed by atoms with Gasteiger partial charge in [0, 0.05) is 25.7 Å². The number of anilines is 2. The van der Waals surface area contributed by atoms with Gasteiger partial charge in [0.25, 0.3) is 0 Å². The molecule has 0 saturated carbocycles. The molecule has 0 radical (unpaired) electrons. The minimum Gasteiger partial charge on any atom is -0.461 e. The van der Waals surface area contributed by atoms with Gasteiger partial charge < -0.3 is 15.4 Å². The van der Waals surface area contributed by atoms with Crippen molar-refractivity contribution in [3.63, 3.8) is 0 Å². The molecular formula is C22H26F4N6O. The van der Waals surface area contributed by atoms with Crippen LogP contribution in [-0.4, -0.2) is 57.8 Å². The summed E-state index contributed by atoms with van der Waals surface area (Å²) in [5.41, 5.74) is 6.14. The van der Waals surface area contributed by atoms with E-state index in [9.17, 15) is 17.6 Å². The minimum absolute atomic E-state index is 0.0330. The lowest BCUT2D eigenvalue weighted by Gasteiger charge is -2.32. The molecule has 3 aliphatic heterocycles. The Labute approximate surface area is 189 Å². The molecule has 0 unspecified atom stereocenters. The van der Waals surface area contributed by atoms with Crippen molar-refractivity contribution in [1.82, 2.24) is 19.9 Å². The number of aromatic nitrogens is 3. The van der Waals surface area contributed by atoms with Gasteiger partial charge >= 0.3 is 12.2 Å². The molecule has 0 amide bonds. The van der Waals surface area contributed by atoms with E-state index < -0.39 is 17.9 Å². The summed E-state index contributed by atoms with van der Waals surface area (Å²) >= 11 is 0. The van der Waals surface area contributed by atoms with Gasteiger partial charge in [0.15, 0.2) is 0 Å². The molecule has 33 heavy (non-hydrogen) atoms. The van der Waals surface area contributed by atoms with E-state index in [1.165, 1.54) is 13.0 Å². The lowest BCUT2D eigenvalue weighted by molar-refractivity contribution is -0.137. The van der Waals surface area contributed by atoms with Crippen molar-refractivity contribution < 1.29 is 22.3 Å². The van der Waals surface area contributed by atoms with Gasteiger partial charge in [-0.15, -0.1) is 0 Å². The standard InChI is InChI=1S/C22H26F4N6O/c1-13-7-17(27)30-19(18(13)22(24,25)26)31-6-3-14-9-28-20(29-16(14)11-31)33-12-21-4-2-5-32(21)10-15(23)8-21/h7,9,15H,2-6,8,10-12H2,1H3,(H2,27,30)/t15-,21+/m1/s1. The highest BCUT2D eigenvalue weighted by Crippen LogP contribution is 2.41. The number of nitrogens with two attached hydrogens (primary N) is 1. The van der Waals surface area contributed by atoms with Gasteiger partial charge in [-0.3, -0.25) is 4.90 Å². The van der Waals surface area contributed by atoms with Crippen molar-refractivity contribution in [2.24, 2.45) is 0 Å². The summed E-state index contributed by atoms with van der Waals surface area (Å²) in [6.45, 7) is 3.44. The van der Waals surface area contributed by atoms with E-state index in [2.05, 4.69) is 19.9 Å². The van der Waals surface area contributed by atoms with E-state index in [1.807, 2.05) is 0 Å². The van der Waals surface area contributed by atoms with Crippen LogP contribution in [0.15, 0.2) is 12.3 Å². The maximum atomic E-state index is 14.0. The van der Waals surface area contributed by atoms with Gasteiger partial charge in [-0.05, 0) is 49.9 Å². The first-order chi connectivity index (χ1) is 15.6. The lowest BCUT2D eigenvalue weighted by Crippen LogP contribution is -2.43. The summed E-state index contributed by atoms with van der Waals surface area (Å²) in [4.78, 5) is 16.5. The topological polar surface area (TPSA) is 80.4 Å². The molecule has 2 fully saturated rings. The molecule has 3 aliphatic rings. The van der Waals surface area contributed by atoms with Gasteiger partial charge in [0.2, 0.25) is 0 Å². The number of nitrogen functional groups attached to an aromatic ring is 1. The largest absolute Gasteiger partial charge is 0.461 e. The van der Waals surface area contributed by atoms with Crippen LogP contribution in [0.2, 0.25) is 0 Å². The lowest BCUT2D eigenvalue weighted by atomic mass is 9.95. The minimum atomic E-state index is -4.55. The summed E-state index contributed by atoms with van der Waals surface area (Å²) in [6.07, 6.45) is -0.965. The van der Waals surface area contributed by atoms with Gasteiger partial charge in [0.1, 0.15) is 30.0 Å². The maximum Gasteiger partial charge on any atom is 0.420 e. The Morgan fingerprint density at radius 3 is 2.88 bits per heavy atom. The van der Waals surface area contributed by atoms with E-state index in [4.69, 9.17) is 10.5 Å². The molecule has 7 nitrogen and oxygen atoms in total. The normalized spacial score (nSPS) is 25.2. The second-order valence-corrected chi connectivity index (χ2v) is 9.22. The molecular weight excluding hydrogens is 440 g/mol. The molecule has 5 heterocycles. The molecule has 0 bridgehead atoms. The van der Waals surface area contributed by atoms with Crippen molar-refractivity contribution in [2.75, 3.05) is 36.9 Å². The molecule has 0 aromatic carbocycles. The van der Waals surface area contributed by atoms with Crippen LogP contribution in [0.3, 0.4) is 0 Å². The first-order valence-electron chi connectivity index (χ1n) is 11.1. The average Bonchev–Trinajstić information content (AvgIpc) is 3.25. The summed E-state index contributed by atoms with van der Waals surface area (Å²) in [6, 6.07) is 1.39. The number of hydrogen-bond acceptors (Lipinski definition) is 7. The van der Waals surface area contributed by atoms with Crippen LogP contribution in [0.1, 0.15) is 41.6 Å². The van der Waals surface area contributed by atoms with Gasteiger partial charge in [-0.25, -0.2) is 14.4 Å². The molecule has 0 aliphatic carbocycles. The van der Waals surface area contributed by atoms with E-state index in [1.54, 1.807) is 11.1 Å². The van der Waals surface area contributed by atoms with Gasteiger partial charge in [0.05, 0.1) is 17.8 Å². The van der Waals surface area contributed by atoms with Crippen molar-refractivity contribution >= 4 is 11.6 Å². The first kappa shape index (κ1) is 22.1. The molecule has 178 valence electrons. The first-order valence-corrected chi connectivity index (χ1v) is 11.1. The summed E-state index contributed by atoms with van der Waals surface area (Å²) in [7, 11) is 0. The van der Waals surface area contributed by atoms with E-state index in [0.717, 1.165) is 24.9 Å². The highest BCUT2D eigenvalue weighted by atomic mass is 19.4. The molecule has 2 aromatic heterocycles. The maximum absolute atomic E-state index is 14.0. The molecule has 5 rings (SSSR count). The van der Waals surface area contributed by atoms with Crippen LogP contribution in [0.5, 0.6) is 6.01 Å². The van der Waals surface area contributed by atoms with Crippen LogP contribution in [0.4, 0.5) is 29.2 Å². The van der Waals surface area contributed by atoms with Gasteiger partial charge in [-0.2, -0.15) is 18.2 Å². The second kappa shape index (κ2) is 7.96. The molecule has 2 saturated heterocycles. The number of nitrogens with zero attached hydrogens (tertiary/aromatic N) is 5. The Morgan fingerprint density at radius 2 is 2.09 bits per heavy atom. The zero-order valence-electron chi connectivity index (χ0n) is 18.3. The number of hydrogen-bond donors (Lipinski definition) is 1. The van der Waals surface area contributed by atoms with E-state index >= 15 is 0 Å². The summed E-state index contributed by atoms with van der Waals surface area (Å²) < 4.78 is 61.2. The third kappa shape index (κ3) is 4.07. The van der Waals surface area contributed by atoms with Crippen LogP contribution < -0.4 is 15.4 Å². The summed E-state index contributed by atoms with van der Waals surface area (Å²) in [5.74, 6) is -0.150. The van der Waals surface area contributed by atoms with Crippen LogP contribution >= 0.6 is 0 Å². The Kier molecular flexibility index (Phi) is 5.34. The van der Waals surface area contributed by atoms with Crippen LogP contribution in [-0.2, 0) is 19.1 Å². The van der Waals surface area contributed by atoms with Crippen molar-refractivity contribution in [3.05, 3.63) is 34.6 Å². The van der Waals surface area contributed by atoms with Crippen LogP contribution in [0, 0.1) is 6.92 Å². The monoisotopic (exact) mass is 466 g/mol.